The number of carboxylic acid groups (broad SMARTS) is 1. The van der Waals surface area contributed by atoms with Crippen LogP contribution in [0.15, 0.2) is 0 Å². The van der Waals surface area contributed by atoms with E-state index in [0.29, 0.717) is 11.3 Å². The van der Waals surface area contributed by atoms with Crippen LogP contribution < -0.4 is 0 Å². The molecule has 0 spiro atoms. The van der Waals surface area contributed by atoms with Crippen LogP contribution in [-0.4, -0.2) is 11.1 Å². The van der Waals surface area contributed by atoms with Gasteiger partial charge in [-0.3, -0.25) is 4.79 Å². The minimum Gasteiger partial charge on any atom is -0.481 e. The molecule has 1 rings (SSSR count). The fraction of sp³-hybridized carbons (Fsp3) is 0.941. The van der Waals surface area contributed by atoms with Crippen molar-refractivity contribution in [2.45, 2.75) is 80.1 Å². The monoisotopic (exact) mass is 268 g/mol. The zero-order valence-corrected chi connectivity index (χ0v) is 13.7. The number of carbonyl (C=O) groups is 1. The van der Waals surface area contributed by atoms with E-state index in [2.05, 4.69) is 41.5 Å². The van der Waals surface area contributed by atoms with Gasteiger partial charge in [0, 0.05) is 0 Å². The van der Waals surface area contributed by atoms with Crippen molar-refractivity contribution in [3.05, 3.63) is 0 Å². The molecule has 1 aliphatic carbocycles. The van der Waals surface area contributed by atoms with Crippen molar-refractivity contribution in [2.75, 3.05) is 0 Å². The average molecular weight is 268 g/mol. The molecule has 2 nitrogen and oxygen atoms in total. The van der Waals surface area contributed by atoms with Gasteiger partial charge in [0.05, 0.1) is 5.41 Å². The molecule has 1 saturated carbocycles. The summed E-state index contributed by atoms with van der Waals surface area (Å²) in [4.78, 5) is 11.7. The lowest BCUT2D eigenvalue weighted by Crippen LogP contribution is -2.38. The highest BCUT2D eigenvalue weighted by molar-refractivity contribution is 5.74. The summed E-state index contributed by atoms with van der Waals surface area (Å²) >= 11 is 0. The molecule has 1 aliphatic rings. The van der Waals surface area contributed by atoms with E-state index in [1.165, 1.54) is 0 Å². The van der Waals surface area contributed by atoms with E-state index in [1.54, 1.807) is 0 Å². The molecule has 0 aromatic carbocycles. The molecule has 0 radical (unpaired) electrons. The van der Waals surface area contributed by atoms with Gasteiger partial charge in [-0.1, -0.05) is 41.5 Å². The van der Waals surface area contributed by atoms with Crippen molar-refractivity contribution in [3.63, 3.8) is 0 Å². The molecule has 1 N–H and O–H groups in total. The van der Waals surface area contributed by atoms with Gasteiger partial charge in [0.15, 0.2) is 0 Å². The Labute approximate surface area is 119 Å². The molecule has 0 aromatic rings. The van der Waals surface area contributed by atoms with Crippen LogP contribution in [0.5, 0.6) is 0 Å². The minimum atomic E-state index is -0.566. The fourth-order valence-electron chi connectivity index (χ4n) is 3.22. The summed E-state index contributed by atoms with van der Waals surface area (Å²) in [5, 5.41) is 9.67. The Morgan fingerprint density at radius 3 is 1.89 bits per heavy atom. The second kappa shape index (κ2) is 5.46. The lowest BCUT2D eigenvalue weighted by atomic mass is 9.62. The molecular formula is C17H32O2. The van der Waals surface area contributed by atoms with Gasteiger partial charge in [-0.2, -0.15) is 0 Å². The quantitative estimate of drug-likeness (QED) is 0.771. The van der Waals surface area contributed by atoms with Crippen molar-refractivity contribution in [1.29, 1.82) is 0 Å². The third-order valence-corrected chi connectivity index (χ3v) is 4.97. The highest BCUT2D eigenvalue weighted by atomic mass is 16.4. The first kappa shape index (κ1) is 16.5. The molecular weight excluding hydrogens is 236 g/mol. The van der Waals surface area contributed by atoms with Crippen LogP contribution in [-0.2, 0) is 4.79 Å². The molecule has 0 aliphatic heterocycles. The molecule has 112 valence electrons. The Balaban J connectivity index is 2.70. The lowest BCUT2D eigenvalue weighted by molar-refractivity contribution is -0.153. The van der Waals surface area contributed by atoms with E-state index >= 15 is 0 Å². The summed E-state index contributed by atoms with van der Waals surface area (Å²) < 4.78 is 0. The Morgan fingerprint density at radius 2 is 1.58 bits per heavy atom. The highest BCUT2D eigenvalue weighted by Gasteiger charge is 2.44. The molecule has 1 fully saturated rings. The minimum absolute atomic E-state index is 0.226. The largest absolute Gasteiger partial charge is 0.481 e. The van der Waals surface area contributed by atoms with E-state index < -0.39 is 11.4 Å². The van der Waals surface area contributed by atoms with Crippen molar-refractivity contribution in [1.82, 2.24) is 0 Å². The first-order valence-electron chi connectivity index (χ1n) is 7.70. The maximum absolute atomic E-state index is 11.7. The number of carboxylic acids is 1. The SMILES string of the molecule is CC(C)(C)CCC1(C(=O)O)CCC(C(C)(C)C)CC1. The Morgan fingerprint density at radius 1 is 1.11 bits per heavy atom. The summed E-state index contributed by atoms with van der Waals surface area (Å²) in [6.45, 7) is 13.4. The van der Waals surface area contributed by atoms with E-state index in [9.17, 15) is 9.90 Å². The third kappa shape index (κ3) is 4.50. The molecule has 0 atom stereocenters. The van der Waals surface area contributed by atoms with Crippen LogP contribution in [0.3, 0.4) is 0 Å². The number of aliphatic carboxylic acids is 1. The van der Waals surface area contributed by atoms with Crippen molar-refractivity contribution >= 4 is 5.97 Å². The van der Waals surface area contributed by atoms with Crippen LogP contribution in [0.1, 0.15) is 80.1 Å². The second-order valence-corrected chi connectivity index (χ2v) is 8.79. The zero-order chi connectivity index (χ0) is 14.9. The molecule has 19 heavy (non-hydrogen) atoms. The van der Waals surface area contributed by atoms with Crippen LogP contribution in [0.25, 0.3) is 0 Å². The van der Waals surface area contributed by atoms with Gasteiger partial charge in [-0.05, 0) is 55.3 Å². The standard InChI is InChI=1S/C17H32O2/c1-15(2,3)11-12-17(14(18)19)9-7-13(8-10-17)16(4,5)6/h13H,7-12H2,1-6H3,(H,18,19). The summed E-state index contributed by atoms with van der Waals surface area (Å²) in [5.41, 5.74) is 0.0903. The van der Waals surface area contributed by atoms with Gasteiger partial charge >= 0.3 is 5.97 Å². The topological polar surface area (TPSA) is 37.3 Å². The molecule has 0 saturated heterocycles. The first-order valence-corrected chi connectivity index (χ1v) is 7.70. The molecule has 0 heterocycles. The smallest absolute Gasteiger partial charge is 0.309 e. The van der Waals surface area contributed by atoms with Gasteiger partial charge in [-0.15, -0.1) is 0 Å². The van der Waals surface area contributed by atoms with Crippen molar-refractivity contribution < 1.29 is 9.90 Å². The first-order chi connectivity index (χ1) is 8.46. The number of hydrogen-bond acceptors (Lipinski definition) is 1. The third-order valence-electron chi connectivity index (χ3n) is 4.97. The van der Waals surface area contributed by atoms with Gasteiger partial charge in [-0.25, -0.2) is 0 Å². The number of hydrogen-bond donors (Lipinski definition) is 1. The van der Waals surface area contributed by atoms with E-state index in [4.69, 9.17) is 0 Å². The van der Waals surface area contributed by atoms with Crippen LogP contribution >= 0.6 is 0 Å². The normalized spacial score (nSPS) is 29.3. The van der Waals surface area contributed by atoms with Crippen molar-refractivity contribution in [3.8, 4) is 0 Å². The average Bonchev–Trinajstić information content (AvgIpc) is 2.24. The Kier molecular flexibility index (Phi) is 4.75. The lowest BCUT2D eigenvalue weighted by Gasteiger charge is -2.42. The molecule has 0 amide bonds. The van der Waals surface area contributed by atoms with Crippen LogP contribution in [0, 0.1) is 22.2 Å². The van der Waals surface area contributed by atoms with Crippen LogP contribution in [0.4, 0.5) is 0 Å². The predicted molar refractivity (Wildman–Crippen MR) is 80.2 cm³/mol. The van der Waals surface area contributed by atoms with Gasteiger partial charge in [0.1, 0.15) is 0 Å². The van der Waals surface area contributed by atoms with Crippen LogP contribution in [0.2, 0.25) is 0 Å². The van der Waals surface area contributed by atoms with Crippen molar-refractivity contribution in [2.24, 2.45) is 22.2 Å². The summed E-state index contributed by atoms with van der Waals surface area (Å²) in [7, 11) is 0. The fourth-order valence-corrected chi connectivity index (χ4v) is 3.22. The molecule has 0 unspecified atom stereocenters. The highest BCUT2D eigenvalue weighted by Crippen LogP contribution is 2.48. The summed E-state index contributed by atoms with van der Waals surface area (Å²) in [6, 6.07) is 0. The van der Waals surface area contributed by atoms with Gasteiger partial charge in [0.2, 0.25) is 0 Å². The van der Waals surface area contributed by atoms with Gasteiger partial charge in [0.25, 0.3) is 0 Å². The predicted octanol–water partition coefficient (Wildman–Crippen LogP) is 5.12. The van der Waals surface area contributed by atoms with Gasteiger partial charge < -0.3 is 5.11 Å². The van der Waals surface area contributed by atoms with E-state index in [1.807, 2.05) is 0 Å². The summed E-state index contributed by atoms with van der Waals surface area (Å²) in [5.74, 6) is 0.110. The Bertz CT molecular complexity index is 309. The Hall–Kier alpha value is -0.530. The number of rotatable bonds is 3. The summed E-state index contributed by atoms with van der Waals surface area (Å²) in [6.07, 6.45) is 5.70. The maximum atomic E-state index is 11.7. The van der Waals surface area contributed by atoms with E-state index in [0.717, 1.165) is 38.5 Å². The second-order valence-electron chi connectivity index (χ2n) is 8.79. The molecule has 0 aromatic heterocycles. The zero-order valence-electron chi connectivity index (χ0n) is 13.7. The van der Waals surface area contributed by atoms with E-state index in [-0.39, 0.29) is 5.41 Å². The molecule has 0 bridgehead atoms. The molecule has 2 heteroatoms. The maximum Gasteiger partial charge on any atom is 0.309 e.